The van der Waals surface area contributed by atoms with Crippen LogP contribution < -0.4 is 0 Å². The molecule has 0 saturated carbocycles. The van der Waals surface area contributed by atoms with Crippen LogP contribution in [0, 0.1) is 0 Å². The van der Waals surface area contributed by atoms with Gasteiger partial charge in [0.05, 0.1) is 0 Å². The van der Waals surface area contributed by atoms with Crippen LogP contribution in [0.4, 0.5) is 0 Å². The molecule has 0 unspecified atom stereocenters. The molecule has 26 heavy (non-hydrogen) atoms. The molecule has 0 spiro atoms. The lowest BCUT2D eigenvalue weighted by atomic mass is 10.1. The summed E-state index contributed by atoms with van der Waals surface area (Å²) in [6, 6.07) is 29.2. The zero-order valence-electron chi connectivity index (χ0n) is 14.7. The van der Waals surface area contributed by atoms with Crippen LogP contribution in [-0.2, 0) is 0 Å². The van der Waals surface area contributed by atoms with Crippen molar-refractivity contribution in [2.75, 3.05) is 0 Å². The van der Waals surface area contributed by atoms with Gasteiger partial charge in [0.2, 0.25) is 0 Å². The molecule has 3 aromatic rings. The third kappa shape index (κ3) is 5.92. The molecule has 0 heterocycles. The summed E-state index contributed by atoms with van der Waals surface area (Å²) < 4.78 is 0. The van der Waals surface area contributed by atoms with Crippen LogP contribution in [-0.4, -0.2) is 0 Å². The van der Waals surface area contributed by atoms with Gasteiger partial charge in [0, 0.05) is 0 Å². The molecule has 0 heteroatoms. The Balaban J connectivity index is 1.53. The van der Waals surface area contributed by atoms with Crippen molar-refractivity contribution in [3.8, 4) is 0 Å². The van der Waals surface area contributed by atoms with E-state index in [1.165, 1.54) is 22.3 Å². The van der Waals surface area contributed by atoms with E-state index in [4.69, 9.17) is 0 Å². The Kier molecular flexibility index (Phi) is 6.58. The van der Waals surface area contributed by atoms with Crippen molar-refractivity contribution in [1.29, 1.82) is 0 Å². The molecule has 3 aromatic carbocycles. The fourth-order valence-corrected chi connectivity index (χ4v) is 2.51. The van der Waals surface area contributed by atoms with Gasteiger partial charge < -0.3 is 0 Å². The van der Waals surface area contributed by atoms with Crippen molar-refractivity contribution < 1.29 is 0 Å². The van der Waals surface area contributed by atoms with E-state index < -0.39 is 0 Å². The zero-order valence-corrected chi connectivity index (χ0v) is 14.7. The van der Waals surface area contributed by atoms with E-state index in [1.807, 2.05) is 36.4 Å². The lowest BCUT2D eigenvalue weighted by molar-refractivity contribution is 1.62. The predicted molar refractivity (Wildman–Crippen MR) is 115 cm³/mol. The first-order valence-electron chi connectivity index (χ1n) is 8.80. The van der Waals surface area contributed by atoms with Crippen LogP contribution in [0.5, 0.6) is 0 Å². The molecule has 0 bridgehead atoms. The van der Waals surface area contributed by atoms with E-state index in [-0.39, 0.29) is 0 Å². The van der Waals surface area contributed by atoms with Crippen molar-refractivity contribution >= 4 is 24.3 Å². The van der Waals surface area contributed by atoms with Crippen molar-refractivity contribution in [2.24, 2.45) is 0 Å². The summed E-state index contributed by atoms with van der Waals surface area (Å²) in [5.74, 6) is 0. The van der Waals surface area contributed by atoms with Crippen molar-refractivity contribution in [3.63, 3.8) is 0 Å². The minimum Gasteiger partial charge on any atom is -0.0622 e. The Labute approximate surface area is 156 Å². The Morgan fingerprint density at radius 2 is 0.577 bits per heavy atom. The molecule has 0 aliphatic carbocycles. The van der Waals surface area contributed by atoms with Gasteiger partial charge in [-0.1, -0.05) is 134 Å². The maximum atomic E-state index is 2.13. The van der Waals surface area contributed by atoms with Gasteiger partial charge in [0.1, 0.15) is 0 Å². The predicted octanol–water partition coefficient (Wildman–Crippen LogP) is 7.14. The summed E-state index contributed by atoms with van der Waals surface area (Å²) in [6.45, 7) is 0. The first kappa shape index (κ1) is 17.4. The third-order valence-electron chi connectivity index (χ3n) is 3.91. The first-order chi connectivity index (χ1) is 12.9. The summed E-state index contributed by atoms with van der Waals surface area (Å²) >= 11 is 0. The van der Waals surface area contributed by atoms with Crippen LogP contribution in [0.15, 0.2) is 109 Å². The quantitative estimate of drug-likeness (QED) is 0.420. The smallest absolute Gasteiger partial charge is 0.0256 e. The summed E-state index contributed by atoms with van der Waals surface area (Å²) in [5, 5.41) is 0. The highest BCUT2D eigenvalue weighted by Gasteiger charge is 1.88. The summed E-state index contributed by atoms with van der Waals surface area (Å²) in [7, 11) is 0. The van der Waals surface area contributed by atoms with E-state index in [2.05, 4.69) is 97.1 Å². The molecule has 0 saturated heterocycles. The van der Waals surface area contributed by atoms with E-state index >= 15 is 0 Å². The molecule has 0 aliphatic heterocycles. The summed E-state index contributed by atoms with van der Waals surface area (Å²) in [5.41, 5.74) is 4.81. The fourth-order valence-electron chi connectivity index (χ4n) is 2.51. The molecular weight excluding hydrogens is 312 g/mol. The minimum absolute atomic E-state index is 1.19. The fraction of sp³-hybridized carbons (Fsp3) is 0. The van der Waals surface area contributed by atoms with Gasteiger partial charge in [-0.15, -0.1) is 0 Å². The molecule has 0 atom stereocenters. The molecule has 126 valence electrons. The molecule has 0 aromatic heterocycles. The average Bonchev–Trinajstić information content (AvgIpc) is 2.71. The third-order valence-corrected chi connectivity index (χ3v) is 3.91. The molecule has 0 amide bonds. The SMILES string of the molecule is C(/C=C\c1ccc(/C=C\C=C/c2ccccc2)cc1)=C/c1ccccc1. The van der Waals surface area contributed by atoms with E-state index in [9.17, 15) is 0 Å². The van der Waals surface area contributed by atoms with E-state index in [0.29, 0.717) is 0 Å². The highest BCUT2D eigenvalue weighted by molar-refractivity contribution is 5.61. The molecule has 3 rings (SSSR count). The number of hydrogen-bond acceptors (Lipinski definition) is 0. The zero-order chi connectivity index (χ0) is 17.9. The molecule has 0 radical (unpaired) electrons. The van der Waals surface area contributed by atoms with Crippen molar-refractivity contribution in [3.05, 3.63) is 131 Å². The van der Waals surface area contributed by atoms with Crippen LogP contribution >= 0.6 is 0 Å². The average molecular weight is 334 g/mol. The van der Waals surface area contributed by atoms with Crippen LogP contribution in [0.3, 0.4) is 0 Å². The van der Waals surface area contributed by atoms with Crippen LogP contribution in [0.25, 0.3) is 24.3 Å². The van der Waals surface area contributed by atoms with Crippen molar-refractivity contribution in [2.45, 2.75) is 0 Å². The van der Waals surface area contributed by atoms with Gasteiger partial charge in [-0.25, -0.2) is 0 Å². The highest BCUT2D eigenvalue weighted by atomic mass is 13.9. The second-order valence-corrected chi connectivity index (χ2v) is 5.92. The Hall–Kier alpha value is -3.38. The number of allylic oxidation sites excluding steroid dienone is 4. The van der Waals surface area contributed by atoms with Crippen molar-refractivity contribution in [1.82, 2.24) is 0 Å². The molecule has 0 N–H and O–H groups in total. The van der Waals surface area contributed by atoms with Crippen LogP contribution in [0.2, 0.25) is 0 Å². The maximum Gasteiger partial charge on any atom is -0.0256 e. The van der Waals surface area contributed by atoms with Gasteiger partial charge in [-0.05, 0) is 22.3 Å². The van der Waals surface area contributed by atoms with Gasteiger partial charge in [-0.2, -0.15) is 0 Å². The largest absolute Gasteiger partial charge is 0.0622 e. The monoisotopic (exact) mass is 334 g/mol. The van der Waals surface area contributed by atoms with Gasteiger partial charge in [-0.3, -0.25) is 0 Å². The minimum atomic E-state index is 1.19. The number of hydrogen-bond donors (Lipinski definition) is 0. The number of benzene rings is 3. The second-order valence-electron chi connectivity index (χ2n) is 5.92. The second kappa shape index (κ2) is 9.80. The maximum absolute atomic E-state index is 2.13. The topological polar surface area (TPSA) is 0 Å². The van der Waals surface area contributed by atoms with Crippen LogP contribution in [0.1, 0.15) is 22.3 Å². The first-order valence-corrected chi connectivity index (χ1v) is 8.80. The Morgan fingerprint density at radius 3 is 0.885 bits per heavy atom. The standard InChI is InChI=1S/C26H22/c1-3-11-23(12-4-1)15-7-9-17-25-19-21-26(22-20-25)18-10-8-16-24-13-5-2-6-14-24/h1-22H/b15-7-,16-8-,17-9-,18-10-. The lowest BCUT2D eigenvalue weighted by Gasteiger charge is -1.95. The van der Waals surface area contributed by atoms with E-state index in [1.54, 1.807) is 0 Å². The number of rotatable bonds is 6. The lowest BCUT2D eigenvalue weighted by Crippen LogP contribution is -1.74. The Bertz CT molecular complexity index is 815. The van der Waals surface area contributed by atoms with E-state index in [0.717, 1.165) is 0 Å². The summed E-state index contributed by atoms with van der Waals surface area (Å²) in [6.07, 6.45) is 16.7. The van der Waals surface area contributed by atoms with Gasteiger partial charge >= 0.3 is 0 Å². The molecule has 0 aliphatic rings. The Morgan fingerprint density at radius 1 is 0.308 bits per heavy atom. The van der Waals surface area contributed by atoms with Gasteiger partial charge in [0.15, 0.2) is 0 Å². The molecule has 0 fully saturated rings. The van der Waals surface area contributed by atoms with Gasteiger partial charge in [0.25, 0.3) is 0 Å². The summed E-state index contributed by atoms with van der Waals surface area (Å²) in [4.78, 5) is 0. The molecular formula is C26H22. The normalized spacial score (nSPS) is 12.0. The molecule has 0 nitrogen and oxygen atoms in total. The highest BCUT2D eigenvalue weighted by Crippen LogP contribution is 2.09.